The van der Waals surface area contributed by atoms with Gasteiger partial charge in [-0.1, -0.05) is 68.4 Å². The number of carbonyl (C=O) groups excluding carboxylic acids is 2. The first-order valence-electron chi connectivity index (χ1n) is 11.2. The quantitative estimate of drug-likeness (QED) is 0.141. The lowest BCUT2D eigenvalue weighted by Gasteiger charge is -2.14. The largest absolute Gasteiger partial charge is 0.462 e. The zero-order chi connectivity index (χ0) is 23.2. The summed E-state index contributed by atoms with van der Waals surface area (Å²) < 4.78 is 9.77. The fraction of sp³-hybridized carbons (Fsp3) is 0.600. The number of rotatable bonds is 18. The second kappa shape index (κ2) is 21.1. The number of aliphatic hydroxyl groups excluding tert-OH is 2. The monoisotopic (exact) mass is 436 g/mol. The molecule has 2 atom stereocenters. The molecule has 2 N–H and O–H groups in total. The number of esters is 2. The van der Waals surface area contributed by atoms with Crippen LogP contribution in [0.15, 0.2) is 48.6 Å². The Morgan fingerprint density at radius 1 is 0.968 bits per heavy atom. The highest BCUT2D eigenvalue weighted by atomic mass is 16.6. The summed E-state index contributed by atoms with van der Waals surface area (Å²) in [5.74, 6) is -0.924. The Balaban J connectivity index is 3.83. The molecule has 0 spiro atoms. The maximum absolute atomic E-state index is 11.7. The first-order valence-corrected chi connectivity index (χ1v) is 11.2. The van der Waals surface area contributed by atoms with Crippen LogP contribution >= 0.6 is 0 Å². The van der Waals surface area contributed by atoms with Gasteiger partial charge in [0.2, 0.25) is 0 Å². The van der Waals surface area contributed by atoms with Gasteiger partial charge in [0.25, 0.3) is 0 Å². The number of carbonyl (C=O) groups is 2. The molecule has 0 radical (unpaired) electrons. The topological polar surface area (TPSA) is 93.1 Å². The Morgan fingerprint density at radius 3 is 2.42 bits per heavy atom. The molecule has 31 heavy (non-hydrogen) atoms. The molecule has 0 aromatic heterocycles. The lowest BCUT2D eigenvalue weighted by Crippen LogP contribution is -2.28. The summed E-state index contributed by atoms with van der Waals surface area (Å²) >= 11 is 0. The number of hydrogen-bond acceptors (Lipinski definition) is 6. The minimum absolute atomic E-state index is 0.143. The van der Waals surface area contributed by atoms with E-state index in [1.54, 1.807) is 12.2 Å². The van der Waals surface area contributed by atoms with E-state index in [0.29, 0.717) is 19.3 Å². The summed E-state index contributed by atoms with van der Waals surface area (Å²) in [5.41, 5.74) is 0. The number of allylic oxidation sites excluding steroid dienone is 6. The van der Waals surface area contributed by atoms with E-state index in [1.165, 1.54) is 26.2 Å². The van der Waals surface area contributed by atoms with Crippen LogP contribution in [0.3, 0.4) is 0 Å². The molecule has 0 rings (SSSR count). The first kappa shape index (κ1) is 28.8. The van der Waals surface area contributed by atoms with Crippen LogP contribution in [0.4, 0.5) is 0 Å². The van der Waals surface area contributed by atoms with Crippen LogP contribution in [-0.4, -0.2) is 47.6 Å². The molecular weight excluding hydrogens is 396 g/mol. The molecule has 176 valence electrons. The van der Waals surface area contributed by atoms with Crippen LogP contribution in [-0.2, 0) is 19.1 Å². The summed E-state index contributed by atoms with van der Waals surface area (Å²) in [5, 5.41) is 19.0. The lowest BCUT2D eigenvalue weighted by molar-refractivity contribution is -0.160. The van der Waals surface area contributed by atoms with E-state index in [4.69, 9.17) is 14.6 Å². The van der Waals surface area contributed by atoms with Crippen LogP contribution in [0.1, 0.15) is 71.6 Å². The maximum Gasteiger partial charge on any atom is 0.306 e. The van der Waals surface area contributed by atoms with Crippen LogP contribution in [0.25, 0.3) is 0 Å². The van der Waals surface area contributed by atoms with Crippen LogP contribution in [0.5, 0.6) is 0 Å². The number of aliphatic hydroxyl groups is 2. The molecule has 0 aliphatic heterocycles. The molecule has 0 bridgehead atoms. The second-order valence-corrected chi connectivity index (χ2v) is 7.28. The predicted molar refractivity (Wildman–Crippen MR) is 123 cm³/mol. The smallest absolute Gasteiger partial charge is 0.306 e. The van der Waals surface area contributed by atoms with Gasteiger partial charge in [0.1, 0.15) is 6.61 Å². The summed E-state index contributed by atoms with van der Waals surface area (Å²) in [6.07, 6.45) is 22.3. The number of unbranched alkanes of at least 4 members (excludes halogenated alkanes) is 4. The SMILES string of the molecule is CCCCC/C=C\C/C=C\CC(O)/C=C\C=C\CCCC(=O)O[C@@H](CO)COC(C)=O. The Morgan fingerprint density at radius 2 is 1.71 bits per heavy atom. The van der Waals surface area contributed by atoms with Crippen molar-refractivity contribution in [1.29, 1.82) is 0 Å². The van der Waals surface area contributed by atoms with Crippen molar-refractivity contribution in [3.63, 3.8) is 0 Å². The zero-order valence-electron chi connectivity index (χ0n) is 19.1. The van der Waals surface area contributed by atoms with E-state index in [-0.39, 0.29) is 13.0 Å². The van der Waals surface area contributed by atoms with E-state index in [9.17, 15) is 14.7 Å². The van der Waals surface area contributed by atoms with Gasteiger partial charge in [-0.25, -0.2) is 0 Å². The molecule has 0 heterocycles. The van der Waals surface area contributed by atoms with Gasteiger partial charge in [0.05, 0.1) is 12.7 Å². The van der Waals surface area contributed by atoms with E-state index in [0.717, 1.165) is 12.8 Å². The normalized spacial score (nSPS) is 14.1. The van der Waals surface area contributed by atoms with Crippen molar-refractivity contribution in [1.82, 2.24) is 0 Å². The van der Waals surface area contributed by atoms with E-state index in [2.05, 4.69) is 25.2 Å². The van der Waals surface area contributed by atoms with Gasteiger partial charge in [0.15, 0.2) is 6.10 Å². The van der Waals surface area contributed by atoms with Crippen LogP contribution < -0.4 is 0 Å². The van der Waals surface area contributed by atoms with Crippen molar-refractivity contribution < 1.29 is 29.3 Å². The summed E-state index contributed by atoms with van der Waals surface area (Å²) in [6, 6.07) is 0. The highest BCUT2D eigenvalue weighted by Gasteiger charge is 2.14. The number of ether oxygens (including phenoxy) is 2. The average molecular weight is 437 g/mol. The molecule has 0 saturated carbocycles. The molecule has 1 unspecified atom stereocenters. The first-order chi connectivity index (χ1) is 15.0. The Kier molecular flexibility index (Phi) is 19.6. The summed E-state index contributed by atoms with van der Waals surface area (Å²) in [6.45, 7) is 2.92. The number of hydrogen-bond donors (Lipinski definition) is 2. The van der Waals surface area contributed by atoms with Crippen molar-refractivity contribution in [3.05, 3.63) is 48.6 Å². The second-order valence-electron chi connectivity index (χ2n) is 7.28. The van der Waals surface area contributed by atoms with E-state index in [1.807, 2.05) is 18.2 Å². The van der Waals surface area contributed by atoms with Crippen molar-refractivity contribution in [3.8, 4) is 0 Å². The third-order valence-electron chi connectivity index (χ3n) is 4.26. The lowest BCUT2D eigenvalue weighted by atomic mass is 10.2. The fourth-order valence-electron chi connectivity index (χ4n) is 2.53. The Labute approximate surface area is 187 Å². The molecule has 6 heteroatoms. The standard InChI is InChI=1S/C25H40O6/c1-3-4-5-6-7-8-9-11-14-17-23(28)18-15-12-10-13-16-19-25(29)31-24(20-26)21-30-22(2)27/h7-8,10-12,14-15,18,23-24,26,28H,3-6,9,13,16-17,19-21H2,1-2H3/b8-7-,12-10+,14-11-,18-15-/t23?,24-/m0/s1. The van der Waals surface area contributed by atoms with Crippen LogP contribution in [0.2, 0.25) is 0 Å². The summed E-state index contributed by atoms with van der Waals surface area (Å²) in [7, 11) is 0. The predicted octanol–water partition coefficient (Wildman–Crippen LogP) is 4.57. The molecule has 0 aromatic rings. The van der Waals surface area contributed by atoms with Gasteiger partial charge >= 0.3 is 11.9 Å². The average Bonchev–Trinajstić information content (AvgIpc) is 2.74. The van der Waals surface area contributed by atoms with E-state index < -0.39 is 30.8 Å². The third kappa shape index (κ3) is 20.9. The molecule has 0 aliphatic carbocycles. The van der Waals surface area contributed by atoms with Crippen molar-refractivity contribution >= 4 is 11.9 Å². The molecular formula is C25H40O6. The van der Waals surface area contributed by atoms with Crippen LogP contribution in [0, 0.1) is 0 Å². The van der Waals surface area contributed by atoms with Crippen molar-refractivity contribution in [2.75, 3.05) is 13.2 Å². The molecule has 0 saturated heterocycles. The Hall–Kier alpha value is -2.18. The maximum atomic E-state index is 11.7. The van der Waals surface area contributed by atoms with Gasteiger partial charge in [0, 0.05) is 13.3 Å². The third-order valence-corrected chi connectivity index (χ3v) is 4.26. The molecule has 0 amide bonds. The minimum Gasteiger partial charge on any atom is -0.462 e. The highest BCUT2D eigenvalue weighted by molar-refractivity contribution is 5.69. The molecule has 0 aliphatic rings. The molecule has 0 aromatic carbocycles. The minimum atomic E-state index is -0.827. The van der Waals surface area contributed by atoms with Gasteiger partial charge < -0.3 is 19.7 Å². The van der Waals surface area contributed by atoms with Gasteiger partial charge in [-0.3, -0.25) is 9.59 Å². The molecule has 6 nitrogen and oxygen atoms in total. The highest BCUT2D eigenvalue weighted by Crippen LogP contribution is 2.04. The fourth-order valence-corrected chi connectivity index (χ4v) is 2.53. The zero-order valence-corrected chi connectivity index (χ0v) is 19.1. The van der Waals surface area contributed by atoms with E-state index >= 15 is 0 Å². The van der Waals surface area contributed by atoms with Gasteiger partial charge in [-0.15, -0.1) is 0 Å². The van der Waals surface area contributed by atoms with Gasteiger partial charge in [-0.05, 0) is 38.5 Å². The molecule has 0 fully saturated rings. The van der Waals surface area contributed by atoms with Crippen molar-refractivity contribution in [2.24, 2.45) is 0 Å². The Bertz CT molecular complexity index is 577. The van der Waals surface area contributed by atoms with Gasteiger partial charge in [-0.2, -0.15) is 0 Å². The van der Waals surface area contributed by atoms with Crippen molar-refractivity contribution in [2.45, 2.75) is 83.8 Å². The summed E-state index contributed by atoms with van der Waals surface area (Å²) in [4.78, 5) is 22.4.